The average molecular weight is 316 g/mol. The maximum Gasteiger partial charge on any atom is 0.125 e. The van der Waals surface area contributed by atoms with Gasteiger partial charge in [-0.05, 0) is 37.5 Å². The Morgan fingerprint density at radius 1 is 1.26 bits per heavy atom. The van der Waals surface area contributed by atoms with Crippen LogP contribution in [0.2, 0.25) is 0 Å². The number of hydrogen-bond acceptors (Lipinski definition) is 4. The van der Waals surface area contributed by atoms with Gasteiger partial charge in [-0.15, -0.1) is 0 Å². The van der Waals surface area contributed by atoms with Gasteiger partial charge in [-0.3, -0.25) is 4.98 Å². The SMILES string of the molecule is O[C@@H]1CCOC[C@@H]1[C@@H]1CCCN1c1ccnc2cc(F)ccc12. The predicted octanol–water partition coefficient (Wildman–Crippen LogP) is 2.74. The van der Waals surface area contributed by atoms with E-state index < -0.39 is 0 Å². The van der Waals surface area contributed by atoms with Crippen LogP contribution in [0.15, 0.2) is 30.5 Å². The minimum atomic E-state index is -0.306. The lowest BCUT2D eigenvalue weighted by molar-refractivity contribution is -0.0437. The van der Waals surface area contributed by atoms with E-state index >= 15 is 0 Å². The molecule has 1 aromatic carbocycles. The maximum absolute atomic E-state index is 13.5. The van der Waals surface area contributed by atoms with E-state index in [2.05, 4.69) is 9.88 Å². The second-order valence-electron chi connectivity index (χ2n) is 6.49. The Morgan fingerprint density at radius 3 is 3.04 bits per heavy atom. The Kier molecular flexibility index (Phi) is 3.91. The number of pyridine rings is 1. The Morgan fingerprint density at radius 2 is 2.17 bits per heavy atom. The summed E-state index contributed by atoms with van der Waals surface area (Å²) in [5.74, 6) is -0.133. The fourth-order valence-electron chi connectivity index (χ4n) is 4.01. The number of anilines is 1. The predicted molar refractivity (Wildman–Crippen MR) is 87.0 cm³/mol. The molecule has 3 atom stereocenters. The van der Waals surface area contributed by atoms with Crippen LogP contribution in [-0.2, 0) is 4.74 Å². The first-order valence-electron chi connectivity index (χ1n) is 8.31. The topological polar surface area (TPSA) is 45.6 Å². The van der Waals surface area contributed by atoms with Crippen LogP contribution < -0.4 is 4.90 Å². The van der Waals surface area contributed by atoms with E-state index in [1.165, 1.54) is 12.1 Å². The Bertz CT molecular complexity index is 708. The highest BCUT2D eigenvalue weighted by atomic mass is 19.1. The number of aliphatic hydroxyl groups is 1. The van der Waals surface area contributed by atoms with Crippen LogP contribution >= 0.6 is 0 Å². The van der Waals surface area contributed by atoms with Crippen molar-refractivity contribution in [2.45, 2.75) is 31.4 Å². The van der Waals surface area contributed by atoms with Crippen LogP contribution in [-0.4, -0.2) is 42.0 Å². The van der Waals surface area contributed by atoms with Crippen LogP contribution in [0.25, 0.3) is 10.9 Å². The summed E-state index contributed by atoms with van der Waals surface area (Å²) in [6.07, 6.45) is 4.28. The zero-order valence-electron chi connectivity index (χ0n) is 13.0. The summed E-state index contributed by atoms with van der Waals surface area (Å²) in [5, 5.41) is 11.3. The van der Waals surface area contributed by atoms with Crippen LogP contribution in [0.1, 0.15) is 19.3 Å². The number of hydrogen-bond donors (Lipinski definition) is 1. The van der Waals surface area contributed by atoms with Crippen molar-refractivity contribution >= 4 is 16.6 Å². The standard InChI is InChI=1S/C18H21FN2O2/c19-12-3-4-13-15(10-12)20-7-5-17(13)21-8-1-2-16(21)14-11-23-9-6-18(14)22/h3-5,7,10,14,16,18,22H,1-2,6,8-9,11H2/t14-,16+,18-/m1/s1. The van der Waals surface area contributed by atoms with Crippen molar-refractivity contribution < 1.29 is 14.2 Å². The van der Waals surface area contributed by atoms with Crippen molar-refractivity contribution in [2.75, 3.05) is 24.7 Å². The molecule has 1 aromatic heterocycles. The van der Waals surface area contributed by atoms with E-state index in [0.717, 1.165) is 30.5 Å². The Labute approximate surface area is 134 Å². The van der Waals surface area contributed by atoms with E-state index in [1.54, 1.807) is 12.3 Å². The molecule has 0 aliphatic carbocycles. The molecule has 0 radical (unpaired) electrons. The smallest absolute Gasteiger partial charge is 0.125 e. The molecule has 2 fully saturated rings. The van der Waals surface area contributed by atoms with Gasteiger partial charge >= 0.3 is 0 Å². The molecule has 0 amide bonds. The molecule has 0 unspecified atom stereocenters. The fourth-order valence-corrected chi connectivity index (χ4v) is 4.01. The van der Waals surface area contributed by atoms with Gasteiger partial charge in [0.2, 0.25) is 0 Å². The zero-order valence-corrected chi connectivity index (χ0v) is 13.0. The number of rotatable bonds is 2. The molecule has 2 aliphatic rings. The first-order valence-corrected chi connectivity index (χ1v) is 8.31. The lowest BCUT2D eigenvalue weighted by atomic mass is 9.89. The number of halogens is 1. The third-order valence-electron chi connectivity index (χ3n) is 5.15. The molecule has 0 saturated carbocycles. The van der Waals surface area contributed by atoms with Crippen LogP contribution in [0.3, 0.4) is 0 Å². The normalized spacial score (nSPS) is 28.4. The molecule has 0 spiro atoms. The molecule has 3 heterocycles. The van der Waals surface area contributed by atoms with Gasteiger partial charge in [0.15, 0.2) is 0 Å². The minimum Gasteiger partial charge on any atom is -0.393 e. The molecule has 122 valence electrons. The number of nitrogens with zero attached hydrogens (tertiary/aromatic N) is 2. The summed E-state index contributed by atoms with van der Waals surface area (Å²) in [6, 6.07) is 7.02. The molecule has 4 nitrogen and oxygen atoms in total. The van der Waals surface area contributed by atoms with Gasteiger partial charge in [0.25, 0.3) is 0 Å². The molecular weight excluding hydrogens is 295 g/mol. The highest BCUT2D eigenvalue weighted by Gasteiger charge is 2.38. The molecule has 5 heteroatoms. The van der Waals surface area contributed by atoms with Crippen LogP contribution in [0.5, 0.6) is 0 Å². The third-order valence-corrected chi connectivity index (χ3v) is 5.15. The summed E-state index contributed by atoms with van der Waals surface area (Å²) in [4.78, 5) is 6.64. The molecule has 2 aliphatic heterocycles. The first-order chi connectivity index (χ1) is 11.2. The summed E-state index contributed by atoms with van der Waals surface area (Å²) >= 11 is 0. The maximum atomic E-state index is 13.5. The molecule has 2 aromatic rings. The van der Waals surface area contributed by atoms with Crippen molar-refractivity contribution in [2.24, 2.45) is 5.92 Å². The van der Waals surface area contributed by atoms with Crippen molar-refractivity contribution in [1.82, 2.24) is 4.98 Å². The van der Waals surface area contributed by atoms with E-state index in [1.807, 2.05) is 6.07 Å². The molecule has 0 bridgehead atoms. The van der Waals surface area contributed by atoms with Gasteiger partial charge in [0, 0.05) is 48.4 Å². The summed E-state index contributed by atoms with van der Waals surface area (Å²) in [5.41, 5.74) is 1.75. The van der Waals surface area contributed by atoms with Gasteiger partial charge < -0.3 is 14.7 Å². The first kappa shape index (κ1) is 14.8. The number of ether oxygens (including phenoxy) is 1. The molecule has 2 saturated heterocycles. The molecular formula is C18H21FN2O2. The van der Waals surface area contributed by atoms with E-state index in [0.29, 0.717) is 25.2 Å². The van der Waals surface area contributed by atoms with Crippen molar-refractivity contribution in [1.29, 1.82) is 0 Å². The lowest BCUT2D eigenvalue weighted by Gasteiger charge is -2.38. The largest absolute Gasteiger partial charge is 0.393 e. The van der Waals surface area contributed by atoms with Gasteiger partial charge in [-0.1, -0.05) is 0 Å². The minimum absolute atomic E-state index is 0.134. The number of fused-ring (bicyclic) bond motifs is 1. The highest BCUT2D eigenvalue weighted by molar-refractivity contribution is 5.91. The zero-order chi connectivity index (χ0) is 15.8. The van der Waals surface area contributed by atoms with Crippen molar-refractivity contribution in [3.8, 4) is 0 Å². The quantitative estimate of drug-likeness (QED) is 0.925. The second-order valence-corrected chi connectivity index (χ2v) is 6.49. The van der Waals surface area contributed by atoms with E-state index in [4.69, 9.17) is 4.74 Å². The summed E-state index contributed by atoms with van der Waals surface area (Å²) < 4.78 is 19.1. The highest BCUT2D eigenvalue weighted by Crippen LogP contribution is 2.36. The molecule has 4 rings (SSSR count). The third kappa shape index (κ3) is 2.68. The summed E-state index contributed by atoms with van der Waals surface area (Å²) in [6.45, 7) is 2.20. The van der Waals surface area contributed by atoms with Crippen LogP contribution in [0.4, 0.5) is 10.1 Å². The van der Waals surface area contributed by atoms with E-state index in [9.17, 15) is 9.50 Å². The van der Waals surface area contributed by atoms with Gasteiger partial charge in [0.1, 0.15) is 5.82 Å². The molecule has 23 heavy (non-hydrogen) atoms. The number of benzene rings is 1. The number of aliphatic hydroxyl groups excluding tert-OH is 1. The van der Waals surface area contributed by atoms with Crippen molar-refractivity contribution in [3.63, 3.8) is 0 Å². The number of aromatic nitrogens is 1. The lowest BCUT2D eigenvalue weighted by Crippen LogP contribution is -2.46. The van der Waals surface area contributed by atoms with Crippen LogP contribution in [0, 0.1) is 11.7 Å². The molecule has 1 N–H and O–H groups in total. The van der Waals surface area contributed by atoms with Gasteiger partial charge in [-0.25, -0.2) is 4.39 Å². The average Bonchev–Trinajstić information content (AvgIpc) is 3.03. The van der Waals surface area contributed by atoms with E-state index in [-0.39, 0.29) is 23.9 Å². The van der Waals surface area contributed by atoms with Crippen molar-refractivity contribution in [3.05, 3.63) is 36.3 Å². The fraction of sp³-hybridized carbons (Fsp3) is 0.500. The second kappa shape index (κ2) is 6.06. The monoisotopic (exact) mass is 316 g/mol. The van der Waals surface area contributed by atoms with Gasteiger partial charge in [-0.2, -0.15) is 0 Å². The van der Waals surface area contributed by atoms with Gasteiger partial charge in [0.05, 0.1) is 18.2 Å². The Balaban J connectivity index is 1.71. The Hall–Kier alpha value is -1.72. The summed E-state index contributed by atoms with van der Waals surface area (Å²) in [7, 11) is 0.